The first kappa shape index (κ1) is 10.6. The van der Waals surface area contributed by atoms with Crippen molar-refractivity contribution < 1.29 is 4.79 Å². The molecule has 2 amide bonds. The third-order valence-corrected chi connectivity index (χ3v) is 4.17. The van der Waals surface area contributed by atoms with Crippen molar-refractivity contribution in [2.45, 2.75) is 38.1 Å². The van der Waals surface area contributed by atoms with Gasteiger partial charge in [0.15, 0.2) is 0 Å². The van der Waals surface area contributed by atoms with E-state index in [1.54, 1.807) is 0 Å². The van der Waals surface area contributed by atoms with E-state index in [-0.39, 0.29) is 11.6 Å². The van der Waals surface area contributed by atoms with E-state index in [0.717, 1.165) is 24.4 Å². The SMILES string of the molecule is CC1CCC2(CC1)NC(=O)Nc1ccccc12. The Morgan fingerprint density at radius 1 is 1.24 bits per heavy atom. The van der Waals surface area contributed by atoms with Crippen molar-refractivity contribution in [3.63, 3.8) is 0 Å². The number of hydrogen-bond donors (Lipinski definition) is 2. The third kappa shape index (κ3) is 1.70. The number of para-hydroxylation sites is 1. The summed E-state index contributed by atoms with van der Waals surface area (Å²) in [5.74, 6) is 0.777. The molecule has 1 aliphatic carbocycles. The molecule has 0 aromatic heterocycles. The maximum absolute atomic E-state index is 11.8. The Kier molecular flexibility index (Phi) is 2.35. The molecular formula is C14H18N2O. The number of anilines is 1. The summed E-state index contributed by atoms with van der Waals surface area (Å²) in [6.07, 6.45) is 4.49. The van der Waals surface area contributed by atoms with Gasteiger partial charge in [0.25, 0.3) is 0 Å². The summed E-state index contributed by atoms with van der Waals surface area (Å²) >= 11 is 0. The summed E-state index contributed by atoms with van der Waals surface area (Å²) in [7, 11) is 0. The Morgan fingerprint density at radius 3 is 2.71 bits per heavy atom. The molecule has 3 heteroatoms. The summed E-state index contributed by atoms with van der Waals surface area (Å²) in [6, 6.07) is 8.10. The predicted molar refractivity (Wildman–Crippen MR) is 67.9 cm³/mol. The molecule has 1 fully saturated rings. The van der Waals surface area contributed by atoms with E-state index in [9.17, 15) is 4.79 Å². The first-order chi connectivity index (χ1) is 8.20. The summed E-state index contributed by atoms with van der Waals surface area (Å²) in [4.78, 5) is 11.8. The van der Waals surface area contributed by atoms with Crippen LogP contribution in [0.25, 0.3) is 0 Å². The Bertz CT molecular complexity index is 447. The van der Waals surface area contributed by atoms with Crippen LogP contribution in [0.15, 0.2) is 24.3 Å². The summed E-state index contributed by atoms with van der Waals surface area (Å²) < 4.78 is 0. The molecule has 17 heavy (non-hydrogen) atoms. The minimum Gasteiger partial charge on any atom is -0.328 e. The van der Waals surface area contributed by atoms with Crippen LogP contribution in [-0.2, 0) is 5.54 Å². The molecule has 3 nitrogen and oxygen atoms in total. The zero-order valence-corrected chi connectivity index (χ0v) is 10.1. The number of nitrogens with one attached hydrogen (secondary N) is 2. The van der Waals surface area contributed by atoms with Crippen LogP contribution in [0.1, 0.15) is 38.2 Å². The lowest BCUT2D eigenvalue weighted by molar-refractivity contribution is 0.189. The van der Waals surface area contributed by atoms with E-state index in [1.807, 2.05) is 12.1 Å². The summed E-state index contributed by atoms with van der Waals surface area (Å²) in [5, 5.41) is 6.05. The fourth-order valence-electron chi connectivity index (χ4n) is 3.10. The Balaban J connectivity index is 2.02. The van der Waals surface area contributed by atoms with Crippen LogP contribution in [0.2, 0.25) is 0 Å². The second-order valence-corrected chi connectivity index (χ2v) is 5.39. The molecule has 2 aliphatic rings. The van der Waals surface area contributed by atoms with Gasteiger partial charge in [0, 0.05) is 11.3 Å². The quantitative estimate of drug-likeness (QED) is 0.706. The van der Waals surface area contributed by atoms with Crippen LogP contribution >= 0.6 is 0 Å². The van der Waals surface area contributed by atoms with Crippen molar-refractivity contribution in [3.05, 3.63) is 29.8 Å². The zero-order valence-electron chi connectivity index (χ0n) is 10.1. The molecule has 1 aromatic carbocycles. The van der Waals surface area contributed by atoms with E-state index < -0.39 is 0 Å². The monoisotopic (exact) mass is 230 g/mol. The van der Waals surface area contributed by atoms with Gasteiger partial charge in [-0.1, -0.05) is 25.1 Å². The maximum Gasteiger partial charge on any atom is 0.319 e. The molecule has 0 atom stereocenters. The highest BCUT2D eigenvalue weighted by atomic mass is 16.2. The smallest absolute Gasteiger partial charge is 0.319 e. The number of carbonyl (C=O) groups excluding carboxylic acids is 1. The molecule has 90 valence electrons. The van der Waals surface area contributed by atoms with Gasteiger partial charge in [-0.25, -0.2) is 4.79 Å². The molecule has 1 heterocycles. The van der Waals surface area contributed by atoms with Crippen molar-refractivity contribution in [3.8, 4) is 0 Å². The van der Waals surface area contributed by atoms with Gasteiger partial charge in [-0.05, 0) is 37.7 Å². The van der Waals surface area contributed by atoms with Crippen molar-refractivity contribution in [1.29, 1.82) is 0 Å². The highest BCUT2D eigenvalue weighted by molar-refractivity contribution is 5.93. The normalized spacial score (nSPS) is 31.6. The molecule has 0 radical (unpaired) electrons. The maximum atomic E-state index is 11.8. The molecular weight excluding hydrogens is 212 g/mol. The number of urea groups is 1. The third-order valence-electron chi connectivity index (χ3n) is 4.17. The van der Waals surface area contributed by atoms with Crippen LogP contribution in [-0.4, -0.2) is 6.03 Å². The lowest BCUT2D eigenvalue weighted by Crippen LogP contribution is -2.53. The molecule has 2 N–H and O–H groups in total. The molecule has 3 rings (SSSR count). The van der Waals surface area contributed by atoms with Crippen LogP contribution in [0.3, 0.4) is 0 Å². The van der Waals surface area contributed by atoms with Gasteiger partial charge in [-0.2, -0.15) is 0 Å². The van der Waals surface area contributed by atoms with Gasteiger partial charge >= 0.3 is 6.03 Å². The summed E-state index contributed by atoms with van der Waals surface area (Å²) in [6.45, 7) is 2.29. The topological polar surface area (TPSA) is 41.1 Å². The van der Waals surface area contributed by atoms with Gasteiger partial charge in [0.1, 0.15) is 0 Å². The zero-order chi connectivity index (χ0) is 11.9. The van der Waals surface area contributed by atoms with Gasteiger partial charge in [0.05, 0.1) is 5.54 Å². The number of hydrogen-bond acceptors (Lipinski definition) is 1. The lowest BCUT2D eigenvalue weighted by atomic mass is 9.72. The predicted octanol–water partition coefficient (Wildman–Crippen LogP) is 3.23. The van der Waals surface area contributed by atoms with Crippen molar-refractivity contribution in [1.82, 2.24) is 5.32 Å². The highest BCUT2D eigenvalue weighted by Gasteiger charge is 2.41. The largest absolute Gasteiger partial charge is 0.328 e. The van der Waals surface area contributed by atoms with Crippen molar-refractivity contribution >= 4 is 11.7 Å². The number of fused-ring (bicyclic) bond motifs is 2. The number of benzene rings is 1. The first-order valence-corrected chi connectivity index (χ1v) is 6.38. The van der Waals surface area contributed by atoms with E-state index in [4.69, 9.17) is 0 Å². The Labute approximate surface area is 102 Å². The average Bonchev–Trinajstić information content (AvgIpc) is 2.33. The van der Waals surface area contributed by atoms with Crippen LogP contribution < -0.4 is 10.6 Å². The van der Waals surface area contributed by atoms with Crippen molar-refractivity contribution in [2.24, 2.45) is 5.92 Å². The molecule has 1 aromatic rings. The lowest BCUT2D eigenvalue weighted by Gasteiger charge is -2.44. The average molecular weight is 230 g/mol. The molecule has 1 aliphatic heterocycles. The Morgan fingerprint density at radius 2 is 1.94 bits per heavy atom. The van der Waals surface area contributed by atoms with Gasteiger partial charge in [0.2, 0.25) is 0 Å². The molecule has 0 saturated heterocycles. The molecule has 1 saturated carbocycles. The number of carbonyl (C=O) groups is 1. The second kappa shape index (κ2) is 3.76. The van der Waals surface area contributed by atoms with Gasteiger partial charge in [-0.3, -0.25) is 0 Å². The van der Waals surface area contributed by atoms with Crippen LogP contribution in [0, 0.1) is 5.92 Å². The van der Waals surface area contributed by atoms with Crippen LogP contribution in [0.4, 0.5) is 10.5 Å². The standard InChI is InChI=1S/C14H18N2O/c1-10-6-8-14(9-7-10)11-4-2-3-5-12(11)15-13(17)16-14/h2-5,10H,6-9H2,1H3,(H2,15,16,17). The van der Waals surface area contributed by atoms with Gasteiger partial charge < -0.3 is 10.6 Å². The van der Waals surface area contributed by atoms with E-state index in [2.05, 4.69) is 29.7 Å². The highest BCUT2D eigenvalue weighted by Crippen LogP contribution is 2.43. The van der Waals surface area contributed by atoms with E-state index in [1.165, 1.54) is 18.4 Å². The fourth-order valence-corrected chi connectivity index (χ4v) is 3.10. The minimum absolute atomic E-state index is 0.0572. The van der Waals surface area contributed by atoms with Crippen molar-refractivity contribution in [2.75, 3.05) is 5.32 Å². The molecule has 0 bridgehead atoms. The fraction of sp³-hybridized carbons (Fsp3) is 0.500. The first-order valence-electron chi connectivity index (χ1n) is 6.38. The molecule has 0 unspecified atom stereocenters. The number of amides is 2. The number of rotatable bonds is 0. The summed E-state index contributed by atoms with van der Waals surface area (Å²) in [5.41, 5.74) is 2.11. The van der Waals surface area contributed by atoms with E-state index in [0.29, 0.717) is 0 Å². The minimum atomic E-state index is -0.120. The second-order valence-electron chi connectivity index (χ2n) is 5.39. The Hall–Kier alpha value is -1.51. The van der Waals surface area contributed by atoms with Gasteiger partial charge in [-0.15, -0.1) is 0 Å². The van der Waals surface area contributed by atoms with E-state index >= 15 is 0 Å². The van der Waals surface area contributed by atoms with Crippen LogP contribution in [0.5, 0.6) is 0 Å². The molecule has 1 spiro atoms.